The number of halogens is 2. The van der Waals surface area contributed by atoms with Crippen LogP contribution in [0.25, 0.3) is 0 Å². The van der Waals surface area contributed by atoms with Crippen LogP contribution in [0.1, 0.15) is 5.69 Å². The average Bonchev–Trinajstić information content (AvgIpc) is 2.26. The maximum absolute atomic E-state index is 13.5. The molecule has 0 atom stereocenters. The first kappa shape index (κ1) is 11.8. The summed E-state index contributed by atoms with van der Waals surface area (Å²) in [6.07, 6.45) is 0. The lowest BCUT2D eigenvalue weighted by atomic mass is 10.3. The van der Waals surface area contributed by atoms with Gasteiger partial charge in [0.2, 0.25) is 0 Å². The lowest BCUT2D eigenvalue weighted by Gasteiger charge is -2.04. The fraction of sp³-hybridized carbons (Fsp3) is 0.0909. The van der Waals surface area contributed by atoms with E-state index < -0.39 is 11.6 Å². The molecule has 0 bridgehead atoms. The Morgan fingerprint density at radius 3 is 2.29 bits per heavy atom. The van der Waals surface area contributed by atoms with Crippen molar-refractivity contribution in [3.63, 3.8) is 0 Å². The van der Waals surface area contributed by atoms with Crippen molar-refractivity contribution in [2.24, 2.45) is 0 Å². The topological polar surface area (TPSA) is 51.8 Å². The summed E-state index contributed by atoms with van der Waals surface area (Å²) in [5, 5.41) is 8.07. The number of benzene rings is 1. The summed E-state index contributed by atoms with van der Waals surface area (Å²) in [7, 11) is 0. The van der Waals surface area contributed by atoms with E-state index in [9.17, 15) is 8.78 Å². The number of aromatic nitrogens is 2. The first-order valence-electron chi connectivity index (χ1n) is 4.79. The average molecular weight is 253 g/mol. The molecule has 88 valence electrons. The molecule has 1 heterocycles. The quantitative estimate of drug-likeness (QED) is 0.836. The summed E-state index contributed by atoms with van der Waals surface area (Å²) < 4.78 is 27.0. The van der Waals surface area contributed by atoms with Crippen molar-refractivity contribution in [1.82, 2.24) is 10.2 Å². The minimum Gasteiger partial charge on any atom is -0.399 e. The number of nitrogens with zero attached hydrogens (tertiary/aromatic N) is 2. The van der Waals surface area contributed by atoms with Crippen LogP contribution in [-0.2, 0) is 0 Å². The SMILES string of the molecule is Cc1ccc(Sc2c(F)cc(N)cc2F)nn1. The minimum atomic E-state index is -0.699. The molecule has 6 heteroatoms. The van der Waals surface area contributed by atoms with Gasteiger partial charge >= 0.3 is 0 Å². The van der Waals surface area contributed by atoms with E-state index in [1.54, 1.807) is 19.1 Å². The number of hydrogen-bond acceptors (Lipinski definition) is 4. The van der Waals surface area contributed by atoms with Crippen LogP contribution in [0.5, 0.6) is 0 Å². The molecule has 0 radical (unpaired) electrons. The van der Waals surface area contributed by atoms with Gasteiger partial charge in [-0.15, -0.1) is 5.10 Å². The van der Waals surface area contributed by atoms with Gasteiger partial charge in [0.25, 0.3) is 0 Å². The third-order valence-corrected chi connectivity index (χ3v) is 3.02. The number of anilines is 1. The maximum Gasteiger partial charge on any atom is 0.142 e. The second-order valence-corrected chi connectivity index (χ2v) is 4.46. The molecule has 0 saturated heterocycles. The van der Waals surface area contributed by atoms with Crippen molar-refractivity contribution in [3.05, 3.63) is 41.6 Å². The minimum absolute atomic E-state index is 0.0549. The van der Waals surface area contributed by atoms with Crippen LogP contribution in [0, 0.1) is 18.6 Å². The lowest BCUT2D eigenvalue weighted by molar-refractivity contribution is 0.541. The van der Waals surface area contributed by atoms with Gasteiger partial charge in [-0.05, 0) is 31.2 Å². The van der Waals surface area contributed by atoms with Crippen LogP contribution in [0.3, 0.4) is 0 Å². The van der Waals surface area contributed by atoms with E-state index in [1.807, 2.05) is 0 Å². The Balaban J connectivity index is 2.33. The Labute approximate surface area is 101 Å². The molecule has 0 spiro atoms. The molecule has 1 aromatic carbocycles. The molecule has 0 aliphatic rings. The standard InChI is InChI=1S/C11H9F2N3S/c1-6-2-3-10(16-15-6)17-11-8(12)4-7(14)5-9(11)13/h2-5H,14H2,1H3. The molecular weight excluding hydrogens is 244 g/mol. The first-order chi connectivity index (χ1) is 8.06. The highest BCUT2D eigenvalue weighted by Gasteiger charge is 2.12. The van der Waals surface area contributed by atoms with Crippen molar-refractivity contribution in [2.45, 2.75) is 16.8 Å². The van der Waals surface area contributed by atoms with Gasteiger partial charge in [0, 0.05) is 5.69 Å². The highest BCUT2D eigenvalue weighted by Crippen LogP contribution is 2.31. The van der Waals surface area contributed by atoms with E-state index in [-0.39, 0.29) is 10.6 Å². The fourth-order valence-corrected chi connectivity index (χ4v) is 1.96. The second kappa shape index (κ2) is 4.67. The van der Waals surface area contributed by atoms with Crippen LogP contribution in [0.4, 0.5) is 14.5 Å². The van der Waals surface area contributed by atoms with Crippen molar-refractivity contribution < 1.29 is 8.78 Å². The fourth-order valence-electron chi connectivity index (χ4n) is 1.22. The summed E-state index contributed by atoms with van der Waals surface area (Å²) >= 11 is 0.879. The normalized spacial score (nSPS) is 10.5. The van der Waals surface area contributed by atoms with E-state index >= 15 is 0 Å². The highest BCUT2D eigenvalue weighted by molar-refractivity contribution is 7.99. The van der Waals surface area contributed by atoms with Crippen LogP contribution in [-0.4, -0.2) is 10.2 Å². The Kier molecular flexibility index (Phi) is 3.23. The zero-order valence-corrected chi connectivity index (χ0v) is 9.76. The summed E-state index contributed by atoms with van der Waals surface area (Å²) in [6, 6.07) is 5.53. The Hall–Kier alpha value is -1.69. The van der Waals surface area contributed by atoms with Crippen LogP contribution < -0.4 is 5.73 Å². The van der Waals surface area contributed by atoms with E-state index in [4.69, 9.17) is 5.73 Å². The Morgan fingerprint density at radius 1 is 1.12 bits per heavy atom. The molecular formula is C11H9F2N3S. The van der Waals surface area contributed by atoms with Crippen LogP contribution in [0.2, 0.25) is 0 Å². The number of nitrogens with two attached hydrogens (primary N) is 1. The van der Waals surface area contributed by atoms with Gasteiger partial charge < -0.3 is 5.73 Å². The summed E-state index contributed by atoms with van der Waals surface area (Å²) in [6.45, 7) is 1.78. The lowest BCUT2D eigenvalue weighted by Crippen LogP contribution is -1.94. The van der Waals surface area contributed by atoms with Gasteiger partial charge in [-0.25, -0.2) is 8.78 Å². The molecule has 17 heavy (non-hydrogen) atoms. The molecule has 0 amide bonds. The molecule has 2 aromatic rings. The van der Waals surface area contributed by atoms with Crippen molar-refractivity contribution >= 4 is 17.4 Å². The maximum atomic E-state index is 13.5. The van der Waals surface area contributed by atoms with Crippen molar-refractivity contribution in [1.29, 1.82) is 0 Å². The first-order valence-corrected chi connectivity index (χ1v) is 5.60. The predicted molar refractivity (Wildman–Crippen MR) is 61.7 cm³/mol. The van der Waals surface area contributed by atoms with Gasteiger partial charge in [-0.1, -0.05) is 11.8 Å². The van der Waals surface area contributed by atoms with Crippen molar-refractivity contribution in [3.8, 4) is 0 Å². The monoisotopic (exact) mass is 253 g/mol. The molecule has 2 N–H and O–H groups in total. The van der Waals surface area contributed by atoms with Crippen molar-refractivity contribution in [2.75, 3.05) is 5.73 Å². The van der Waals surface area contributed by atoms with Gasteiger partial charge in [0.15, 0.2) is 0 Å². The third-order valence-electron chi connectivity index (χ3n) is 2.00. The zero-order chi connectivity index (χ0) is 12.4. The molecule has 0 saturated carbocycles. The second-order valence-electron chi connectivity index (χ2n) is 3.43. The number of aryl methyl sites for hydroxylation is 1. The molecule has 0 fully saturated rings. The highest BCUT2D eigenvalue weighted by atomic mass is 32.2. The van der Waals surface area contributed by atoms with Gasteiger partial charge in [0.1, 0.15) is 16.7 Å². The van der Waals surface area contributed by atoms with Gasteiger partial charge in [-0.3, -0.25) is 0 Å². The molecule has 0 unspecified atom stereocenters. The van der Waals surface area contributed by atoms with E-state index in [2.05, 4.69) is 10.2 Å². The number of rotatable bonds is 2. The number of nitrogen functional groups attached to an aromatic ring is 1. The summed E-state index contributed by atoms with van der Waals surface area (Å²) in [4.78, 5) is -0.127. The van der Waals surface area contributed by atoms with Gasteiger partial charge in [-0.2, -0.15) is 5.10 Å². The molecule has 1 aromatic heterocycles. The van der Waals surface area contributed by atoms with E-state index in [0.29, 0.717) is 5.03 Å². The smallest absolute Gasteiger partial charge is 0.142 e. The van der Waals surface area contributed by atoms with Gasteiger partial charge in [0.05, 0.1) is 10.6 Å². The van der Waals surface area contributed by atoms with E-state index in [1.165, 1.54) is 0 Å². The zero-order valence-electron chi connectivity index (χ0n) is 8.95. The number of hydrogen-bond donors (Lipinski definition) is 1. The molecule has 0 aliphatic carbocycles. The Morgan fingerprint density at radius 2 is 1.76 bits per heavy atom. The predicted octanol–water partition coefficient (Wildman–Crippen LogP) is 2.80. The van der Waals surface area contributed by atoms with E-state index in [0.717, 1.165) is 29.6 Å². The molecule has 0 aliphatic heterocycles. The summed E-state index contributed by atoms with van der Waals surface area (Å²) in [5.41, 5.74) is 6.12. The largest absolute Gasteiger partial charge is 0.399 e. The molecule has 2 rings (SSSR count). The van der Waals surface area contributed by atoms with Crippen LogP contribution >= 0.6 is 11.8 Å². The van der Waals surface area contributed by atoms with Crippen LogP contribution in [0.15, 0.2) is 34.2 Å². The third kappa shape index (κ3) is 2.71. The summed E-state index contributed by atoms with van der Waals surface area (Å²) in [5.74, 6) is -1.40. The Bertz CT molecular complexity index is 520. The molecule has 3 nitrogen and oxygen atoms in total.